The number of ether oxygens (including phenoxy) is 2. The maximum atomic E-state index is 11.7. The number of benzene rings is 2. The lowest BCUT2D eigenvalue weighted by molar-refractivity contribution is -0.143. The topological polar surface area (TPSA) is 71.9 Å². The van der Waals surface area contributed by atoms with Crippen LogP contribution in [0.15, 0.2) is 54.7 Å². The third kappa shape index (κ3) is 3.29. The van der Waals surface area contributed by atoms with Crippen LogP contribution in [0, 0.1) is 5.92 Å². The molecule has 5 rings (SSSR count). The molecule has 0 saturated carbocycles. The Morgan fingerprint density at radius 2 is 2.00 bits per heavy atom. The monoisotopic (exact) mass is 390 g/mol. The highest BCUT2D eigenvalue weighted by molar-refractivity contribution is 5.83. The van der Waals surface area contributed by atoms with E-state index in [-0.39, 0.29) is 18.8 Å². The Morgan fingerprint density at radius 1 is 1.14 bits per heavy atom. The van der Waals surface area contributed by atoms with Gasteiger partial charge in [0.1, 0.15) is 0 Å². The first-order valence-electron chi connectivity index (χ1n) is 9.91. The summed E-state index contributed by atoms with van der Waals surface area (Å²) >= 11 is 0. The molecule has 1 saturated heterocycles. The highest BCUT2D eigenvalue weighted by Gasteiger charge is 2.32. The molecular formula is C23H22N2O4. The number of pyridine rings is 1. The van der Waals surface area contributed by atoms with E-state index in [4.69, 9.17) is 9.47 Å². The number of para-hydroxylation sites is 1. The predicted octanol–water partition coefficient (Wildman–Crippen LogP) is 3.85. The smallest absolute Gasteiger partial charge is 0.307 e. The van der Waals surface area contributed by atoms with Crippen LogP contribution in [-0.2, 0) is 4.79 Å². The second-order valence-electron chi connectivity index (χ2n) is 7.60. The molecule has 1 aromatic heterocycles. The van der Waals surface area contributed by atoms with E-state index in [1.807, 2.05) is 42.6 Å². The Bertz CT molecular complexity index is 1060. The Labute approximate surface area is 168 Å². The summed E-state index contributed by atoms with van der Waals surface area (Å²) in [5.74, 6) is 0.402. The van der Waals surface area contributed by atoms with Crippen molar-refractivity contribution in [3.8, 4) is 11.5 Å². The zero-order chi connectivity index (χ0) is 19.8. The summed E-state index contributed by atoms with van der Waals surface area (Å²) in [6.45, 7) is 1.59. The molecule has 0 amide bonds. The molecule has 29 heavy (non-hydrogen) atoms. The van der Waals surface area contributed by atoms with Crippen LogP contribution in [0.4, 0.5) is 0 Å². The van der Waals surface area contributed by atoms with E-state index in [0.717, 1.165) is 52.9 Å². The van der Waals surface area contributed by atoms with Crippen molar-refractivity contribution in [3.05, 3.63) is 65.9 Å². The van der Waals surface area contributed by atoms with E-state index in [1.54, 1.807) is 0 Å². The average Bonchev–Trinajstić information content (AvgIpc) is 3.22. The number of fused-ring (bicyclic) bond motifs is 2. The van der Waals surface area contributed by atoms with E-state index in [1.165, 1.54) is 0 Å². The number of hydrogen-bond acceptors (Lipinski definition) is 5. The lowest BCUT2D eigenvalue weighted by Crippen LogP contribution is -2.41. The van der Waals surface area contributed by atoms with E-state index in [0.29, 0.717) is 6.54 Å². The summed E-state index contributed by atoms with van der Waals surface area (Å²) < 4.78 is 11.1. The minimum absolute atomic E-state index is 0.0838. The number of carboxylic acid groups (broad SMARTS) is 1. The lowest BCUT2D eigenvalue weighted by atomic mass is 9.90. The molecule has 0 bridgehead atoms. The first-order chi connectivity index (χ1) is 14.2. The Kier molecular flexibility index (Phi) is 4.56. The number of rotatable bonds is 4. The van der Waals surface area contributed by atoms with Gasteiger partial charge >= 0.3 is 5.97 Å². The molecule has 0 aliphatic carbocycles. The standard InChI is InChI=1S/C23H22N2O4/c26-23(27)16-4-3-11-25(13-16)22(15-7-8-20-21(12-15)29-14-28-20)18-9-10-24-19-6-2-1-5-17(18)19/h1-2,5-10,12,16,22H,3-4,11,13-14H2,(H,26,27). The summed E-state index contributed by atoms with van der Waals surface area (Å²) in [5, 5.41) is 10.7. The van der Waals surface area contributed by atoms with Crippen LogP contribution in [-0.4, -0.2) is 40.8 Å². The second kappa shape index (κ2) is 7.37. The van der Waals surface area contributed by atoms with Gasteiger partial charge in [-0.1, -0.05) is 24.3 Å². The van der Waals surface area contributed by atoms with Crippen LogP contribution < -0.4 is 9.47 Å². The Morgan fingerprint density at radius 3 is 2.90 bits per heavy atom. The highest BCUT2D eigenvalue weighted by Crippen LogP contribution is 2.40. The maximum absolute atomic E-state index is 11.7. The van der Waals surface area contributed by atoms with Crippen molar-refractivity contribution in [1.82, 2.24) is 9.88 Å². The summed E-state index contributed by atoms with van der Waals surface area (Å²) in [6, 6.07) is 16.1. The fourth-order valence-electron chi connectivity index (χ4n) is 4.47. The summed E-state index contributed by atoms with van der Waals surface area (Å²) in [4.78, 5) is 18.5. The molecule has 148 valence electrons. The van der Waals surface area contributed by atoms with E-state index in [2.05, 4.69) is 22.0 Å². The normalized spacial score (nSPS) is 19.9. The van der Waals surface area contributed by atoms with E-state index >= 15 is 0 Å². The van der Waals surface area contributed by atoms with Crippen LogP contribution in [0.2, 0.25) is 0 Å². The largest absolute Gasteiger partial charge is 0.481 e. The molecule has 3 aromatic rings. The Hall–Kier alpha value is -3.12. The van der Waals surface area contributed by atoms with Gasteiger partial charge in [-0.2, -0.15) is 0 Å². The number of aliphatic carboxylic acids is 1. The van der Waals surface area contributed by atoms with Crippen molar-refractivity contribution in [3.63, 3.8) is 0 Å². The van der Waals surface area contributed by atoms with Crippen molar-refractivity contribution in [2.24, 2.45) is 5.92 Å². The second-order valence-corrected chi connectivity index (χ2v) is 7.60. The first kappa shape index (κ1) is 17.9. The molecule has 6 heteroatoms. The molecule has 0 spiro atoms. The number of likely N-dealkylation sites (tertiary alicyclic amines) is 1. The van der Waals surface area contributed by atoms with Crippen molar-refractivity contribution in [2.75, 3.05) is 19.9 Å². The molecule has 1 N–H and O–H groups in total. The van der Waals surface area contributed by atoms with Gasteiger partial charge in [-0.15, -0.1) is 0 Å². The molecule has 3 heterocycles. The van der Waals surface area contributed by atoms with Crippen molar-refractivity contribution >= 4 is 16.9 Å². The number of aromatic nitrogens is 1. The van der Waals surface area contributed by atoms with Crippen molar-refractivity contribution < 1.29 is 19.4 Å². The van der Waals surface area contributed by atoms with Gasteiger partial charge in [0.25, 0.3) is 0 Å². The van der Waals surface area contributed by atoms with Gasteiger partial charge in [0.15, 0.2) is 11.5 Å². The van der Waals surface area contributed by atoms with E-state index in [9.17, 15) is 9.90 Å². The van der Waals surface area contributed by atoms with Gasteiger partial charge in [0, 0.05) is 18.1 Å². The van der Waals surface area contributed by atoms with Gasteiger partial charge in [-0.3, -0.25) is 14.7 Å². The Balaban J connectivity index is 1.64. The summed E-state index contributed by atoms with van der Waals surface area (Å²) in [6.07, 6.45) is 3.41. The fraction of sp³-hybridized carbons (Fsp3) is 0.304. The molecule has 2 atom stereocenters. The maximum Gasteiger partial charge on any atom is 0.307 e. The molecule has 6 nitrogen and oxygen atoms in total. The lowest BCUT2D eigenvalue weighted by Gasteiger charge is -2.38. The molecule has 0 radical (unpaired) electrons. The van der Waals surface area contributed by atoms with Crippen LogP contribution >= 0.6 is 0 Å². The van der Waals surface area contributed by atoms with Gasteiger partial charge in [-0.05, 0) is 54.8 Å². The van der Waals surface area contributed by atoms with Crippen molar-refractivity contribution in [1.29, 1.82) is 0 Å². The number of nitrogens with zero attached hydrogens (tertiary/aromatic N) is 2. The molecule has 2 aliphatic heterocycles. The zero-order valence-electron chi connectivity index (χ0n) is 16.0. The number of piperidine rings is 1. The summed E-state index contributed by atoms with van der Waals surface area (Å²) in [5.41, 5.74) is 3.12. The third-order valence-corrected chi connectivity index (χ3v) is 5.86. The van der Waals surface area contributed by atoms with Gasteiger partial charge in [0.05, 0.1) is 17.5 Å². The summed E-state index contributed by atoms with van der Waals surface area (Å²) in [7, 11) is 0. The molecule has 1 fully saturated rings. The molecule has 2 unspecified atom stereocenters. The molecule has 2 aromatic carbocycles. The molecular weight excluding hydrogens is 368 g/mol. The quantitative estimate of drug-likeness (QED) is 0.730. The van der Waals surface area contributed by atoms with Crippen molar-refractivity contribution in [2.45, 2.75) is 18.9 Å². The average molecular weight is 390 g/mol. The third-order valence-electron chi connectivity index (χ3n) is 5.86. The van der Waals surface area contributed by atoms with Crippen LogP contribution in [0.3, 0.4) is 0 Å². The van der Waals surface area contributed by atoms with Crippen LogP contribution in [0.1, 0.15) is 30.0 Å². The highest BCUT2D eigenvalue weighted by atomic mass is 16.7. The number of carboxylic acids is 1. The zero-order valence-corrected chi connectivity index (χ0v) is 16.0. The van der Waals surface area contributed by atoms with Gasteiger partial charge < -0.3 is 14.6 Å². The number of hydrogen-bond donors (Lipinski definition) is 1. The number of carbonyl (C=O) groups is 1. The first-order valence-corrected chi connectivity index (χ1v) is 9.91. The van der Waals surface area contributed by atoms with Crippen LogP contribution in [0.25, 0.3) is 10.9 Å². The predicted molar refractivity (Wildman–Crippen MR) is 108 cm³/mol. The SMILES string of the molecule is O=C(O)C1CCCN(C(c2ccc3c(c2)OCO3)c2ccnc3ccccc23)C1. The van der Waals surface area contributed by atoms with E-state index < -0.39 is 5.97 Å². The van der Waals surface area contributed by atoms with Crippen LogP contribution in [0.5, 0.6) is 11.5 Å². The van der Waals surface area contributed by atoms with Gasteiger partial charge in [0.2, 0.25) is 6.79 Å². The van der Waals surface area contributed by atoms with Gasteiger partial charge in [-0.25, -0.2) is 0 Å². The fourth-order valence-corrected chi connectivity index (χ4v) is 4.47. The minimum Gasteiger partial charge on any atom is -0.481 e. The molecule has 2 aliphatic rings. The minimum atomic E-state index is -0.723.